The summed E-state index contributed by atoms with van der Waals surface area (Å²) in [5.41, 5.74) is -6.07. The Hall–Kier alpha value is -1.98. The van der Waals surface area contributed by atoms with E-state index in [-0.39, 0.29) is 0 Å². The Balaban J connectivity index is 1.68. The third-order valence-corrected chi connectivity index (χ3v) is 6.85. The second-order valence-corrected chi connectivity index (χ2v) is 9.16. The Morgan fingerprint density at radius 3 is 2.46 bits per heavy atom. The van der Waals surface area contributed by atoms with Crippen molar-refractivity contribution >= 4 is 27.1 Å². The molecule has 11 heteroatoms. The number of aromatic nitrogens is 1. The third kappa shape index (κ3) is 4.36. The van der Waals surface area contributed by atoms with E-state index in [1.54, 1.807) is 11.3 Å². The lowest BCUT2D eigenvalue weighted by molar-refractivity contribution is -0.0438. The highest BCUT2D eigenvalue weighted by molar-refractivity contribution is 7.92. The van der Waals surface area contributed by atoms with E-state index in [1.807, 2.05) is 11.4 Å². The lowest BCUT2D eigenvalue weighted by atomic mass is 10.2. The van der Waals surface area contributed by atoms with Gasteiger partial charge < -0.3 is 4.90 Å². The quantitative estimate of drug-likeness (QED) is 0.725. The number of sulfone groups is 1. The fourth-order valence-electron chi connectivity index (χ4n) is 2.95. The van der Waals surface area contributed by atoms with E-state index >= 15 is 0 Å². The van der Waals surface area contributed by atoms with Gasteiger partial charge in [-0.2, -0.15) is 13.2 Å². The molecule has 2 aromatic rings. The van der Waals surface area contributed by atoms with Crippen molar-refractivity contribution in [3.63, 3.8) is 0 Å². The molecule has 152 valence electrons. The molecular weight excluding hydrogens is 415 g/mol. The molecule has 0 unspecified atom stereocenters. The molecule has 1 saturated heterocycles. The summed E-state index contributed by atoms with van der Waals surface area (Å²) >= 11 is 1.67. The highest BCUT2D eigenvalue weighted by Gasteiger charge is 2.49. The van der Waals surface area contributed by atoms with E-state index < -0.39 is 31.8 Å². The first-order valence-electron chi connectivity index (χ1n) is 8.50. The number of nitrogens with zero attached hydrogens (tertiary/aromatic N) is 3. The van der Waals surface area contributed by atoms with Gasteiger partial charge in [-0.15, -0.1) is 11.3 Å². The first-order chi connectivity index (χ1) is 13.2. The minimum absolute atomic E-state index is 0.309. The zero-order valence-corrected chi connectivity index (χ0v) is 16.4. The highest BCUT2D eigenvalue weighted by atomic mass is 32.2. The topological polar surface area (TPSA) is 70.6 Å². The fourth-order valence-corrected chi connectivity index (χ4v) is 4.51. The molecule has 0 N–H and O–H groups in total. The minimum atomic E-state index is -5.70. The van der Waals surface area contributed by atoms with E-state index in [0.29, 0.717) is 26.2 Å². The summed E-state index contributed by atoms with van der Waals surface area (Å²) in [6, 6.07) is 6.35. The fraction of sp³-hybridized carbons (Fsp3) is 0.412. The number of rotatable bonds is 5. The zero-order chi connectivity index (χ0) is 20.4. The van der Waals surface area contributed by atoms with Gasteiger partial charge in [0.2, 0.25) is 0 Å². The summed E-state index contributed by atoms with van der Waals surface area (Å²) < 4.78 is 62.2. The molecule has 1 aliphatic heterocycles. The molecule has 1 aliphatic rings. The first-order valence-corrected chi connectivity index (χ1v) is 10.9. The zero-order valence-electron chi connectivity index (χ0n) is 14.7. The Labute approximate surface area is 164 Å². The molecule has 0 spiro atoms. The lowest BCUT2D eigenvalue weighted by Crippen LogP contribution is -2.49. The van der Waals surface area contributed by atoms with Gasteiger partial charge in [-0.25, -0.2) is 13.4 Å². The number of alkyl halides is 3. The largest absolute Gasteiger partial charge is 0.503 e. The SMILES string of the molecule is O=C(c1cccnc1S(=O)(=O)C(F)(F)F)N1CCN(CCc2cccs2)CC1. The van der Waals surface area contributed by atoms with Crippen LogP contribution in [0.3, 0.4) is 0 Å². The van der Waals surface area contributed by atoms with Crippen LogP contribution in [0.15, 0.2) is 40.9 Å². The van der Waals surface area contributed by atoms with Crippen LogP contribution in [0.1, 0.15) is 15.2 Å². The molecule has 0 aromatic carbocycles. The maximum absolute atomic E-state index is 12.9. The molecular formula is C17H18F3N3O3S2. The van der Waals surface area contributed by atoms with Crippen molar-refractivity contribution in [1.29, 1.82) is 0 Å². The molecule has 3 heterocycles. The van der Waals surface area contributed by atoms with Crippen LogP contribution in [0, 0.1) is 0 Å². The van der Waals surface area contributed by atoms with Crippen molar-refractivity contribution in [3.05, 3.63) is 46.3 Å². The molecule has 0 radical (unpaired) electrons. The normalized spacial score (nSPS) is 16.3. The van der Waals surface area contributed by atoms with Crippen LogP contribution < -0.4 is 0 Å². The van der Waals surface area contributed by atoms with Crippen LogP contribution in [0.5, 0.6) is 0 Å². The van der Waals surface area contributed by atoms with Gasteiger partial charge in [0.25, 0.3) is 15.7 Å². The van der Waals surface area contributed by atoms with E-state index in [1.165, 1.54) is 15.8 Å². The average Bonchev–Trinajstić information content (AvgIpc) is 3.19. The van der Waals surface area contributed by atoms with Crippen molar-refractivity contribution in [3.8, 4) is 0 Å². The van der Waals surface area contributed by atoms with Gasteiger partial charge in [0.15, 0.2) is 5.03 Å². The number of hydrogen-bond donors (Lipinski definition) is 0. The van der Waals surface area contributed by atoms with Crippen LogP contribution in [0.25, 0.3) is 0 Å². The molecule has 6 nitrogen and oxygen atoms in total. The van der Waals surface area contributed by atoms with E-state index in [2.05, 4.69) is 16.0 Å². The molecule has 1 fully saturated rings. The second kappa shape index (κ2) is 8.18. The van der Waals surface area contributed by atoms with Gasteiger partial charge in [0.05, 0.1) is 5.56 Å². The summed E-state index contributed by atoms with van der Waals surface area (Å²) in [5, 5.41) is 0.763. The predicted molar refractivity (Wildman–Crippen MR) is 97.8 cm³/mol. The van der Waals surface area contributed by atoms with Gasteiger partial charge in [0.1, 0.15) is 0 Å². The highest BCUT2D eigenvalue weighted by Crippen LogP contribution is 2.31. The Morgan fingerprint density at radius 2 is 1.86 bits per heavy atom. The van der Waals surface area contributed by atoms with Crippen molar-refractivity contribution < 1.29 is 26.4 Å². The summed E-state index contributed by atoms with van der Waals surface area (Å²) in [7, 11) is -5.70. The van der Waals surface area contributed by atoms with Crippen molar-refractivity contribution in [2.45, 2.75) is 17.0 Å². The molecule has 2 aromatic heterocycles. The summed E-state index contributed by atoms with van der Waals surface area (Å²) in [6.07, 6.45) is 1.82. The number of piperazine rings is 1. The monoisotopic (exact) mass is 433 g/mol. The Bertz CT molecular complexity index is 923. The van der Waals surface area contributed by atoms with Crippen LogP contribution in [-0.2, 0) is 16.3 Å². The summed E-state index contributed by atoms with van der Waals surface area (Å²) in [5.74, 6) is -0.756. The molecule has 0 atom stereocenters. The lowest BCUT2D eigenvalue weighted by Gasteiger charge is -2.34. The van der Waals surface area contributed by atoms with E-state index in [9.17, 15) is 26.4 Å². The molecule has 1 amide bonds. The van der Waals surface area contributed by atoms with Crippen molar-refractivity contribution in [1.82, 2.24) is 14.8 Å². The predicted octanol–water partition coefficient (Wildman–Crippen LogP) is 2.44. The molecule has 0 aliphatic carbocycles. The Morgan fingerprint density at radius 1 is 1.14 bits per heavy atom. The molecule has 3 rings (SSSR count). The number of hydrogen-bond acceptors (Lipinski definition) is 6. The van der Waals surface area contributed by atoms with Gasteiger partial charge in [-0.05, 0) is 30.0 Å². The van der Waals surface area contributed by atoms with Gasteiger partial charge in [0, 0.05) is 43.8 Å². The van der Waals surface area contributed by atoms with Crippen LogP contribution in [0.4, 0.5) is 13.2 Å². The summed E-state index contributed by atoms with van der Waals surface area (Å²) in [6.45, 7) is 2.58. The van der Waals surface area contributed by atoms with E-state index in [0.717, 1.165) is 25.2 Å². The average molecular weight is 433 g/mol. The molecule has 0 saturated carbocycles. The van der Waals surface area contributed by atoms with Crippen LogP contribution >= 0.6 is 11.3 Å². The van der Waals surface area contributed by atoms with Gasteiger partial charge in [-0.3, -0.25) is 9.69 Å². The van der Waals surface area contributed by atoms with Gasteiger partial charge in [-0.1, -0.05) is 6.07 Å². The Kier molecular flexibility index (Phi) is 6.06. The van der Waals surface area contributed by atoms with Crippen LogP contribution in [0.2, 0.25) is 0 Å². The van der Waals surface area contributed by atoms with Crippen molar-refractivity contribution in [2.75, 3.05) is 32.7 Å². The second-order valence-electron chi connectivity index (χ2n) is 6.27. The smallest absolute Gasteiger partial charge is 0.336 e. The number of carbonyl (C=O) groups is 1. The van der Waals surface area contributed by atoms with Crippen LogP contribution in [-0.4, -0.2) is 67.3 Å². The number of thiophene rings is 1. The van der Waals surface area contributed by atoms with Crippen molar-refractivity contribution in [2.24, 2.45) is 0 Å². The number of pyridine rings is 1. The molecule has 0 bridgehead atoms. The molecule has 28 heavy (non-hydrogen) atoms. The first kappa shape index (κ1) is 20.7. The standard InChI is InChI=1S/C17H18F3N3O3S2/c18-17(19,20)28(25,26)15-14(4-1-6-21-15)16(24)23-10-8-22(9-11-23)7-5-13-3-2-12-27-13/h1-4,6,12H,5,7-11H2. The number of carbonyl (C=O) groups excluding carboxylic acids is 1. The minimum Gasteiger partial charge on any atom is -0.336 e. The number of halogens is 3. The number of amides is 1. The van der Waals surface area contributed by atoms with Gasteiger partial charge >= 0.3 is 5.51 Å². The maximum atomic E-state index is 12.9. The van der Waals surface area contributed by atoms with E-state index in [4.69, 9.17) is 0 Å². The summed E-state index contributed by atoms with van der Waals surface area (Å²) in [4.78, 5) is 20.8. The maximum Gasteiger partial charge on any atom is 0.503 e. The third-order valence-electron chi connectivity index (χ3n) is 4.47.